The van der Waals surface area contributed by atoms with Gasteiger partial charge in [-0.2, -0.15) is 11.3 Å². The van der Waals surface area contributed by atoms with Crippen LogP contribution < -0.4 is 28.4 Å². The molecule has 15 rings (SSSR count). The standard InChI is InChI=1S/C31H29ClN2O4S2.2C30H27ClN2O4S2/c1-19-17-22(18-20(2)28(19)32)38-15-8-13-27-26-12-7-11-25(24-14-16-39-21(24)3)29(26)33-30(27)31(35)34-40(36,37)23-9-5-4-6-10-23;1-19-17-21(18-20(2)27(19)31)37-15-7-13-24-23-11-6-12-25(26-14-8-16-38-26)28(23)32-29(24)30(34)33-39(35,36)22-9-4-3-5-10-22;1-19-16-22(17-20(2)27(19)31)37-14-7-12-26-25-11-6-10-24(21-13-15-38-18-21)28(25)32-29(26)30(34)33-39(35,36)23-8-4-3-5-9-23/h4-7,9-12,14,16-18,33H,8,13,15H2,1-3H3,(H,34,35);3-6,8-12,14,16-18,32H,7,13,15H2,1-2H3,(H,33,34);3-6,8-11,13,15-18,32H,7,12,14H2,1-2H3,(H,33,34). The largest absolute Gasteiger partial charge is 0.494 e. The highest BCUT2D eigenvalue weighted by Gasteiger charge is 2.29. The zero-order valence-electron chi connectivity index (χ0n) is 65.3. The minimum Gasteiger partial charge on any atom is -0.494 e. The van der Waals surface area contributed by atoms with Crippen LogP contribution in [0.15, 0.2) is 242 Å². The van der Waals surface area contributed by atoms with Gasteiger partial charge in [-0.15, -0.1) is 22.7 Å². The molecule has 0 aliphatic carbocycles. The van der Waals surface area contributed by atoms with Gasteiger partial charge in [0.1, 0.15) is 34.3 Å². The summed E-state index contributed by atoms with van der Waals surface area (Å²) in [5, 5.41) is 12.9. The van der Waals surface area contributed by atoms with E-state index in [1.807, 2.05) is 172 Å². The Balaban J connectivity index is 0.000000153. The van der Waals surface area contributed by atoms with Gasteiger partial charge in [0.25, 0.3) is 47.8 Å². The molecule has 3 amide bonds. The van der Waals surface area contributed by atoms with Crippen LogP contribution in [-0.4, -0.2) is 77.7 Å². The second-order valence-electron chi connectivity index (χ2n) is 28.2. The Kier molecular flexibility index (Phi) is 27.0. The summed E-state index contributed by atoms with van der Waals surface area (Å²) < 4.78 is 102. The molecule has 0 saturated carbocycles. The number of H-pyrrole nitrogens is 3. The van der Waals surface area contributed by atoms with Crippen LogP contribution in [0.1, 0.15) is 106 Å². The summed E-state index contributed by atoms with van der Waals surface area (Å²) in [7, 11) is -12.1. The molecular formula is C91H83Cl3N6O12S6. The van der Waals surface area contributed by atoms with E-state index in [9.17, 15) is 39.6 Å². The third-order valence-electron chi connectivity index (χ3n) is 19.9. The average Bonchev–Trinajstić information content (AvgIpc) is 1.63. The van der Waals surface area contributed by atoms with Gasteiger partial charge in [-0.25, -0.2) is 39.4 Å². The number of rotatable bonds is 27. The van der Waals surface area contributed by atoms with Crippen LogP contribution in [0.5, 0.6) is 17.2 Å². The van der Waals surface area contributed by atoms with Crippen LogP contribution in [0, 0.1) is 48.5 Å². The maximum Gasteiger partial charge on any atom is 0.281 e. The molecule has 0 fully saturated rings. The monoisotopic (exact) mass is 1750 g/mol. The van der Waals surface area contributed by atoms with Gasteiger partial charge < -0.3 is 29.2 Å². The minimum atomic E-state index is -4.05. The summed E-state index contributed by atoms with van der Waals surface area (Å²) in [6, 6.07) is 60.8. The molecule has 9 aromatic carbocycles. The Morgan fingerprint density at radius 3 is 1.04 bits per heavy atom. The number of aromatic amines is 3. The normalized spacial score (nSPS) is 11.6. The van der Waals surface area contributed by atoms with E-state index in [0.717, 1.165) is 153 Å². The lowest BCUT2D eigenvalue weighted by molar-refractivity contribution is 0.0967. The average molecular weight is 1750 g/mol. The van der Waals surface area contributed by atoms with Gasteiger partial charge >= 0.3 is 0 Å². The number of hydrogen-bond donors (Lipinski definition) is 6. The molecule has 15 aromatic rings. The Morgan fingerprint density at radius 1 is 0.364 bits per heavy atom. The van der Waals surface area contributed by atoms with Crippen molar-refractivity contribution < 1.29 is 53.8 Å². The first kappa shape index (κ1) is 85.1. The van der Waals surface area contributed by atoms with Gasteiger partial charge in [0, 0.05) is 57.7 Å². The summed E-state index contributed by atoms with van der Waals surface area (Å²) in [6.07, 6.45) is 3.36. The number of nitrogens with one attached hydrogen (secondary N) is 6. The van der Waals surface area contributed by atoms with Crippen LogP contribution in [0.4, 0.5) is 0 Å². The number of hydrogen-bond acceptors (Lipinski definition) is 15. The molecule has 0 radical (unpaired) electrons. The number of sulfonamides is 3. The molecule has 606 valence electrons. The smallest absolute Gasteiger partial charge is 0.281 e. The molecular weight excluding hydrogens is 1670 g/mol. The Bertz CT molecular complexity index is 6220. The SMILES string of the molecule is Cc1cc(OCCCc2c(C(=O)NS(=O)(=O)c3ccccc3)[nH]c3c(-c4cccs4)cccc23)cc(C)c1Cl.Cc1cc(OCCCc2c(C(=O)NS(=O)(=O)c3ccccc3)[nH]c3c(-c4ccsc4)cccc23)cc(C)c1Cl.Cc1cc(OCCCc2c(C(=O)NS(=O)(=O)c3ccccc3)[nH]c3c(-c4ccsc4C)cccc23)cc(C)c1Cl. The van der Waals surface area contributed by atoms with Crippen molar-refractivity contribution in [1.29, 1.82) is 0 Å². The van der Waals surface area contributed by atoms with E-state index in [0.29, 0.717) is 58.3 Å². The first-order chi connectivity index (χ1) is 56.6. The molecule has 118 heavy (non-hydrogen) atoms. The fourth-order valence-electron chi connectivity index (χ4n) is 14.1. The molecule has 0 saturated heterocycles. The molecule has 6 aromatic heterocycles. The van der Waals surface area contributed by atoms with Crippen LogP contribution >= 0.6 is 68.8 Å². The van der Waals surface area contributed by atoms with Crippen molar-refractivity contribution in [3.63, 3.8) is 0 Å². The third kappa shape index (κ3) is 19.6. The van der Waals surface area contributed by atoms with Crippen LogP contribution in [0.25, 0.3) is 65.4 Å². The van der Waals surface area contributed by atoms with E-state index in [2.05, 4.69) is 42.1 Å². The molecule has 0 spiro atoms. The zero-order valence-corrected chi connectivity index (χ0v) is 72.5. The van der Waals surface area contributed by atoms with Gasteiger partial charge in [-0.05, 0) is 261 Å². The molecule has 27 heteroatoms. The number of fused-ring (bicyclic) bond motifs is 3. The molecule has 6 heterocycles. The number of halogens is 3. The van der Waals surface area contributed by atoms with E-state index in [4.69, 9.17) is 49.0 Å². The van der Waals surface area contributed by atoms with Crippen molar-refractivity contribution in [2.24, 2.45) is 0 Å². The molecule has 0 unspecified atom stereocenters. The molecule has 0 atom stereocenters. The number of aryl methyl sites for hydroxylation is 10. The third-order valence-corrected chi connectivity index (χ3v) is 28.1. The Hall–Kier alpha value is -10.8. The van der Waals surface area contributed by atoms with Crippen molar-refractivity contribution >= 4 is 149 Å². The zero-order chi connectivity index (χ0) is 83.6. The van der Waals surface area contributed by atoms with Gasteiger partial charge in [-0.3, -0.25) is 14.4 Å². The summed E-state index contributed by atoms with van der Waals surface area (Å²) in [4.78, 5) is 52.4. The van der Waals surface area contributed by atoms with Gasteiger partial charge in [0.05, 0.1) is 51.1 Å². The number of thiophene rings is 3. The number of aromatic nitrogens is 3. The number of amides is 3. The van der Waals surface area contributed by atoms with Crippen molar-refractivity contribution in [2.45, 2.75) is 102 Å². The predicted octanol–water partition coefficient (Wildman–Crippen LogP) is 22.2. The van der Waals surface area contributed by atoms with E-state index in [1.165, 1.54) is 36.4 Å². The Morgan fingerprint density at radius 2 is 0.712 bits per heavy atom. The van der Waals surface area contributed by atoms with Crippen molar-refractivity contribution in [3.8, 4) is 49.9 Å². The minimum absolute atomic E-state index is 0.0249. The van der Waals surface area contributed by atoms with E-state index < -0.39 is 47.8 Å². The maximum absolute atomic E-state index is 13.5. The van der Waals surface area contributed by atoms with Gasteiger partial charge in [0.2, 0.25) is 0 Å². The summed E-state index contributed by atoms with van der Waals surface area (Å²) in [6.45, 7) is 14.9. The van der Waals surface area contributed by atoms with E-state index >= 15 is 0 Å². The Labute approximate surface area is 712 Å². The summed E-state index contributed by atoms with van der Waals surface area (Å²) in [5.74, 6) is 0.104. The number of carbonyl (C=O) groups is 3. The lowest BCUT2D eigenvalue weighted by Crippen LogP contribution is -2.31. The van der Waals surface area contributed by atoms with E-state index in [-0.39, 0.29) is 31.8 Å². The van der Waals surface area contributed by atoms with Crippen LogP contribution in [0.3, 0.4) is 0 Å². The van der Waals surface area contributed by atoms with Gasteiger partial charge in [-0.1, -0.05) is 150 Å². The van der Waals surface area contributed by atoms with Crippen molar-refractivity contribution in [1.82, 2.24) is 29.1 Å². The predicted molar refractivity (Wildman–Crippen MR) is 477 cm³/mol. The first-order valence-corrected chi connectivity index (χ1v) is 46.0. The maximum atomic E-state index is 13.5. The highest BCUT2D eigenvalue weighted by atomic mass is 35.5. The number of ether oxygens (including phenoxy) is 3. The lowest BCUT2D eigenvalue weighted by Gasteiger charge is -2.11. The summed E-state index contributed by atoms with van der Waals surface area (Å²) in [5.41, 5.74) is 16.0. The van der Waals surface area contributed by atoms with Crippen molar-refractivity contribution in [3.05, 3.63) is 315 Å². The molecule has 18 nitrogen and oxygen atoms in total. The molecule has 0 aliphatic heterocycles. The highest BCUT2D eigenvalue weighted by Crippen LogP contribution is 2.40. The molecule has 6 N–H and O–H groups in total. The van der Waals surface area contributed by atoms with Crippen LogP contribution in [0.2, 0.25) is 15.1 Å². The second kappa shape index (κ2) is 37.5. The number of carbonyl (C=O) groups excluding carboxylic acids is 3. The molecule has 0 bridgehead atoms. The fraction of sp³-hybridized carbons (Fsp3) is 0.176. The summed E-state index contributed by atoms with van der Waals surface area (Å²) >= 11 is 23.7. The quantitative estimate of drug-likeness (QED) is 0.0263. The van der Waals surface area contributed by atoms with Crippen molar-refractivity contribution in [2.75, 3.05) is 19.8 Å². The van der Waals surface area contributed by atoms with E-state index in [1.54, 1.807) is 88.6 Å². The van der Waals surface area contributed by atoms with Crippen LogP contribution in [-0.2, 0) is 49.3 Å². The topological polar surface area (TPSA) is 265 Å². The molecule has 0 aliphatic rings. The van der Waals surface area contributed by atoms with Gasteiger partial charge in [0.15, 0.2) is 0 Å². The fourth-order valence-corrected chi connectivity index (χ4v) is 19.5. The first-order valence-electron chi connectivity index (χ1n) is 37.7. The highest BCUT2D eigenvalue weighted by molar-refractivity contribution is 7.90. The second-order valence-corrected chi connectivity index (χ2v) is 37.2. The number of para-hydroxylation sites is 3. The number of benzene rings is 9. The lowest BCUT2D eigenvalue weighted by atomic mass is 10.0.